The van der Waals surface area contributed by atoms with E-state index in [4.69, 9.17) is 5.73 Å². The Morgan fingerprint density at radius 3 is 2.65 bits per heavy atom. The topological polar surface area (TPSA) is 56.7 Å². The maximum atomic E-state index is 12.8. The van der Waals surface area contributed by atoms with Crippen molar-refractivity contribution in [1.29, 1.82) is 0 Å². The van der Waals surface area contributed by atoms with E-state index in [1.807, 2.05) is 0 Å². The third kappa shape index (κ3) is 2.14. The van der Waals surface area contributed by atoms with E-state index >= 15 is 0 Å². The molecule has 2 N–H and O–H groups in total. The fourth-order valence-corrected chi connectivity index (χ4v) is 1.49. The molecular weight excluding hydrogens is 233 g/mol. The summed E-state index contributed by atoms with van der Waals surface area (Å²) in [5.74, 6) is 0.118. The van der Waals surface area contributed by atoms with Gasteiger partial charge < -0.3 is 5.73 Å². The molecule has 0 fully saturated rings. The summed E-state index contributed by atoms with van der Waals surface area (Å²) in [6.45, 7) is 0.0425. The molecule has 0 saturated carbocycles. The number of nitrogens with zero attached hydrogens (tertiary/aromatic N) is 3. The van der Waals surface area contributed by atoms with Crippen molar-refractivity contribution in [3.05, 3.63) is 42.1 Å². The predicted molar refractivity (Wildman–Crippen MR) is 54.3 cm³/mol. The number of imidazole rings is 1. The van der Waals surface area contributed by atoms with Crippen molar-refractivity contribution in [2.24, 2.45) is 5.73 Å². The molecule has 2 heterocycles. The van der Waals surface area contributed by atoms with Gasteiger partial charge in [0.15, 0.2) is 0 Å². The van der Waals surface area contributed by atoms with Crippen LogP contribution >= 0.6 is 0 Å². The van der Waals surface area contributed by atoms with Crippen molar-refractivity contribution in [2.45, 2.75) is 12.7 Å². The third-order valence-electron chi connectivity index (χ3n) is 2.22. The SMILES string of the molecule is NCc1nccn1-c1ncccc1C(F)(F)F. The lowest BCUT2D eigenvalue weighted by molar-refractivity contribution is -0.137. The number of nitrogens with two attached hydrogens (primary N) is 1. The van der Waals surface area contributed by atoms with E-state index in [0.717, 1.165) is 6.07 Å². The normalized spacial score (nSPS) is 11.8. The summed E-state index contributed by atoms with van der Waals surface area (Å²) in [5.41, 5.74) is 4.59. The monoisotopic (exact) mass is 242 g/mol. The number of alkyl halides is 3. The molecule has 17 heavy (non-hydrogen) atoms. The van der Waals surface area contributed by atoms with Gasteiger partial charge in [-0.25, -0.2) is 9.97 Å². The summed E-state index contributed by atoms with van der Waals surface area (Å²) < 4.78 is 39.6. The minimum Gasteiger partial charge on any atom is -0.324 e. The molecule has 4 nitrogen and oxygen atoms in total. The van der Waals surface area contributed by atoms with Gasteiger partial charge in [-0.1, -0.05) is 0 Å². The van der Waals surface area contributed by atoms with Crippen molar-refractivity contribution in [3.8, 4) is 5.82 Å². The predicted octanol–water partition coefficient (Wildman–Crippen LogP) is 1.74. The van der Waals surface area contributed by atoms with E-state index in [9.17, 15) is 13.2 Å². The highest BCUT2D eigenvalue weighted by Gasteiger charge is 2.34. The van der Waals surface area contributed by atoms with E-state index in [1.54, 1.807) is 0 Å². The van der Waals surface area contributed by atoms with Crippen molar-refractivity contribution in [2.75, 3.05) is 0 Å². The maximum absolute atomic E-state index is 12.8. The molecule has 0 aliphatic rings. The van der Waals surface area contributed by atoms with Crippen LogP contribution in [0.2, 0.25) is 0 Å². The van der Waals surface area contributed by atoms with Crippen LogP contribution in [0.5, 0.6) is 0 Å². The number of halogens is 3. The van der Waals surface area contributed by atoms with Crippen LogP contribution in [0.15, 0.2) is 30.7 Å². The van der Waals surface area contributed by atoms with E-state index in [-0.39, 0.29) is 12.4 Å². The Kier molecular flexibility index (Phi) is 2.84. The summed E-state index contributed by atoms with van der Waals surface area (Å²) >= 11 is 0. The van der Waals surface area contributed by atoms with E-state index < -0.39 is 11.7 Å². The number of rotatable bonds is 2. The Bertz CT molecular complexity index is 518. The van der Waals surface area contributed by atoms with Gasteiger partial charge in [-0.3, -0.25) is 4.57 Å². The van der Waals surface area contributed by atoms with Crippen LogP contribution in [0.25, 0.3) is 5.82 Å². The molecule has 0 radical (unpaired) electrons. The summed E-state index contributed by atoms with van der Waals surface area (Å²) in [5, 5.41) is 0. The number of hydrogen-bond acceptors (Lipinski definition) is 3. The number of hydrogen-bond donors (Lipinski definition) is 1. The third-order valence-corrected chi connectivity index (χ3v) is 2.22. The fraction of sp³-hybridized carbons (Fsp3) is 0.200. The zero-order chi connectivity index (χ0) is 12.5. The van der Waals surface area contributed by atoms with E-state index in [2.05, 4.69) is 9.97 Å². The van der Waals surface area contributed by atoms with Crippen molar-refractivity contribution >= 4 is 0 Å². The van der Waals surface area contributed by atoms with Crippen LogP contribution in [0.1, 0.15) is 11.4 Å². The zero-order valence-corrected chi connectivity index (χ0v) is 8.65. The maximum Gasteiger partial charge on any atom is 0.419 e. The van der Waals surface area contributed by atoms with Crippen LogP contribution in [-0.2, 0) is 12.7 Å². The molecule has 0 aliphatic carbocycles. The first-order valence-electron chi connectivity index (χ1n) is 4.79. The van der Waals surface area contributed by atoms with Crippen LogP contribution in [0.4, 0.5) is 13.2 Å². The van der Waals surface area contributed by atoms with Gasteiger partial charge in [0.25, 0.3) is 0 Å². The van der Waals surface area contributed by atoms with Crippen molar-refractivity contribution in [1.82, 2.24) is 14.5 Å². The Morgan fingerprint density at radius 1 is 1.24 bits per heavy atom. The Hall–Kier alpha value is -1.89. The first-order valence-corrected chi connectivity index (χ1v) is 4.79. The van der Waals surface area contributed by atoms with Crippen molar-refractivity contribution in [3.63, 3.8) is 0 Å². The molecule has 2 aromatic rings. The quantitative estimate of drug-likeness (QED) is 0.872. The Labute approximate surface area is 94.9 Å². The second kappa shape index (κ2) is 4.17. The minimum atomic E-state index is -4.46. The van der Waals surface area contributed by atoms with Gasteiger partial charge in [-0.15, -0.1) is 0 Å². The summed E-state index contributed by atoms with van der Waals surface area (Å²) in [7, 11) is 0. The molecule has 0 amide bonds. The molecule has 0 aromatic carbocycles. The van der Waals surface area contributed by atoms with Crippen LogP contribution in [-0.4, -0.2) is 14.5 Å². The van der Waals surface area contributed by atoms with Gasteiger partial charge in [-0.05, 0) is 12.1 Å². The zero-order valence-electron chi connectivity index (χ0n) is 8.65. The van der Waals surface area contributed by atoms with Crippen molar-refractivity contribution < 1.29 is 13.2 Å². The summed E-state index contributed by atoms with van der Waals surface area (Å²) in [6, 6.07) is 2.22. The second-order valence-corrected chi connectivity index (χ2v) is 3.29. The molecule has 0 atom stereocenters. The summed E-state index contributed by atoms with van der Waals surface area (Å²) in [6.07, 6.45) is -0.374. The molecular formula is C10H9F3N4. The van der Waals surface area contributed by atoms with Gasteiger partial charge in [0.05, 0.1) is 12.1 Å². The lowest BCUT2D eigenvalue weighted by atomic mass is 10.2. The first-order chi connectivity index (χ1) is 8.04. The Morgan fingerprint density at radius 2 is 2.00 bits per heavy atom. The molecule has 0 aliphatic heterocycles. The summed E-state index contributed by atoms with van der Waals surface area (Å²) in [4.78, 5) is 7.61. The standard InChI is InChI=1S/C10H9F3N4/c11-10(12,13)7-2-1-3-16-9(7)17-5-4-15-8(17)6-14/h1-5H,6,14H2. The van der Waals surface area contributed by atoms with Gasteiger partial charge >= 0.3 is 6.18 Å². The molecule has 0 unspecified atom stereocenters. The van der Waals surface area contributed by atoms with Crippen LogP contribution in [0, 0.1) is 0 Å². The lowest BCUT2D eigenvalue weighted by Crippen LogP contribution is -2.14. The molecule has 7 heteroatoms. The lowest BCUT2D eigenvalue weighted by Gasteiger charge is -2.13. The smallest absolute Gasteiger partial charge is 0.324 e. The fourth-order valence-electron chi connectivity index (χ4n) is 1.49. The number of aromatic nitrogens is 3. The molecule has 90 valence electrons. The van der Waals surface area contributed by atoms with E-state index in [0.29, 0.717) is 5.82 Å². The number of pyridine rings is 1. The van der Waals surface area contributed by atoms with Gasteiger partial charge in [0, 0.05) is 18.6 Å². The largest absolute Gasteiger partial charge is 0.419 e. The minimum absolute atomic E-state index is 0.0425. The average molecular weight is 242 g/mol. The molecule has 0 spiro atoms. The average Bonchev–Trinajstić information content (AvgIpc) is 2.75. The molecule has 0 bridgehead atoms. The van der Waals surface area contributed by atoms with E-state index in [1.165, 1.54) is 29.2 Å². The molecule has 2 aromatic heterocycles. The van der Waals surface area contributed by atoms with Gasteiger partial charge in [-0.2, -0.15) is 13.2 Å². The highest BCUT2D eigenvalue weighted by molar-refractivity contribution is 5.37. The molecule has 0 saturated heterocycles. The highest BCUT2D eigenvalue weighted by atomic mass is 19.4. The van der Waals surface area contributed by atoms with Crippen LogP contribution < -0.4 is 5.73 Å². The van der Waals surface area contributed by atoms with Gasteiger partial charge in [0.2, 0.25) is 0 Å². The Balaban J connectivity index is 2.60. The first kappa shape index (κ1) is 11.6. The molecule has 2 rings (SSSR count). The van der Waals surface area contributed by atoms with Crippen LogP contribution in [0.3, 0.4) is 0 Å². The van der Waals surface area contributed by atoms with Gasteiger partial charge in [0.1, 0.15) is 11.6 Å². The highest BCUT2D eigenvalue weighted by Crippen LogP contribution is 2.32. The second-order valence-electron chi connectivity index (χ2n) is 3.29.